The number of ether oxygens (including phenoxy) is 2. The second-order valence-corrected chi connectivity index (χ2v) is 6.35. The lowest BCUT2D eigenvalue weighted by molar-refractivity contribution is 0.355. The zero-order chi connectivity index (χ0) is 18.7. The van der Waals surface area contributed by atoms with E-state index in [1.165, 1.54) is 4.68 Å². The first kappa shape index (κ1) is 18.4. The fourth-order valence-electron chi connectivity index (χ4n) is 2.28. The number of nitrogens with zero attached hydrogens (tertiary/aromatic N) is 3. The number of halogens is 2. The Morgan fingerprint density at radius 3 is 2.54 bits per heavy atom. The molecule has 134 valence electrons. The van der Waals surface area contributed by atoms with Crippen molar-refractivity contribution >= 4 is 41.6 Å². The monoisotopic (exact) mass is 408 g/mol. The highest BCUT2D eigenvalue weighted by Gasteiger charge is 2.12. The second-order valence-electron chi connectivity index (χ2n) is 5.15. The maximum Gasteiger partial charge on any atom is 0.216 e. The Bertz CT molecular complexity index is 1030. The molecule has 2 aromatic carbocycles. The fraction of sp³-hybridized carbons (Fsp3) is 0.118. The number of hydrogen-bond acceptors (Lipinski definition) is 5. The van der Waals surface area contributed by atoms with E-state index in [9.17, 15) is 0 Å². The molecule has 0 aliphatic carbocycles. The van der Waals surface area contributed by atoms with Crippen LogP contribution < -0.4 is 9.47 Å². The number of H-pyrrole nitrogens is 1. The summed E-state index contributed by atoms with van der Waals surface area (Å²) in [6.07, 6.45) is 1.62. The van der Waals surface area contributed by atoms with E-state index in [0.29, 0.717) is 32.1 Å². The number of rotatable bonds is 5. The van der Waals surface area contributed by atoms with E-state index in [-0.39, 0.29) is 0 Å². The normalized spacial score (nSPS) is 11.1. The number of hydrogen-bond donors (Lipinski definition) is 1. The first-order valence-corrected chi connectivity index (χ1v) is 8.59. The molecular weight excluding hydrogens is 395 g/mol. The number of nitrogens with one attached hydrogen (secondary N) is 1. The molecule has 0 aliphatic heterocycles. The first-order chi connectivity index (χ1) is 12.5. The molecule has 0 bridgehead atoms. The average molecular weight is 409 g/mol. The van der Waals surface area contributed by atoms with Crippen LogP contribution in [0, 0.1) is 4.77 Å². The third-order valence-corrected chi connectivity index (χ3v) is 4.56. The van der Waals surface area contributed by atoms with E-state index in [2.05, 4.69) is 15.3 Å². The highest BCUT2D eigenvalue weighted by atomic mass is 35.5. The van der Waals surface area contributed by atoms with E-state index in [1.807, 2.05) is 6.07 Å². The predicted molar refractivity (Wildman–Crippen MR) is 105 cm³/mol. The summed E-state index contributed by atoms with van der Waals surface area (Å²) in [4.78, 5) is 0. The van der Waals surface area contributed by atoms with Crippen molar-refractivity contribution in [3.63, 3.8) is 0 Å². The molecule has 1 heterocycles. The predicted octanol–water partition coefficient (Wildman–Crippen LogP) is 4.81. The van der Waals surface area contributed by atoms with Crippen molar-refractivity contribution in [1.82, 2.24) is 14.9 Å². The van der Waals surface area contributed by atoms with Crippen LogP contribution in [0.25, 0.3) is 11.4 Å². The van der Waals surface area contributed by atoms with Gasteiger partial charge >= 0.3 is 0 Å². The van der Waals surface area contributed by atoms with Crippen LogP contribution in [0.1, 0.15) is 5.56 Å². The Balaban J connectivity index is 2.00. The van der Waals surface area contributed by atoms with Gasteiger partial charge in [-0.15, -0.1) is 0 Å². The quantitative estimate of drug-likeness (QED) is 0.485. The average Bonchev–Trinajstić information content (AvgIpc) is 3.02. The van der Waals surface area contributed by atoms with Gasteiger partial charge in [0.25, 0.3) is 0 Å². The summed E-state index contributed by atoms with van der Waals surface area (Å²) >= 11 is 17.2. The van der Waals surface area contributed by atoms with Gasteiger partial charge in [-0.2, -0.15) is 14.9 Å². The molecular formula is C17H14Cl2N4O2S. The van der Waals surface area contributed by atoms with Crippen LogP contribution in [0.5, 0.6) is 11.5 Å². The Morgan fingerprint density at radius 2 is 1.85 bits per heavy atom. The smallest absolute Gasteiger partial charge is 0.216 e. The zero-order valence-corrected chi connectivity index (χ0v) is 16.2. The molecule has 9 heteroatoms. The van der Waals surface area contributed by atoms with Crippen LogP contribution in [-0.4, -0.2) is 35.3 Å². The van der Waals surface area contributed by atoms with Gasteiger partial charge in [-0.3, -0.25) is 0 Å². The van der Waals surface area contributed by atoms with Crippen LogP contribution in [-0.2, 0) is 0 Å². The molecule has 0 fully saturated rings. The van der Waals surface area contributed by atoms with Crippen molar-refractivity contribution in [2.45, 2.75) is 0 Å². The van der Waals surface area contributed by atoms with Crippen molar-refractivity contribution in [2.75, 3.05) is 14.2 Å². The molecule has 0 unspecified atom stereocenters. The van der Waals surface area contributed by atoms with Gasteiger partial charge in [-0.05, 0) is 48.1 Å². The van der Waals surface area contributed by atoms with Gasteiger partial charge in [-0.25, -0.2) is 5.10 Å². The van der Waals surface area contributed by atoms with E-state index in [1.54, 1.807) is 50.8 Å². The molecule has 0 atom stereocenters. The number of aromatic amines is 1. The van der Waals surface area contributed by atoms with Gasteiger partial charge in [0.15, 0.2) is 17.3 Å². The topological polar surface area (TPSA) is 64.4 Å². The number of aromatic nitrogens is 3. The molecule has 3 rings (SSSR count). The van der Waals surface area contributed by atoms with E-state index >= 15 is 0 Å². The summed E-state index contributed by atoms with van der Waals surface area (Å²) < 4.78 is 12.5. The molecule has 0 saturated carbocycles. The lowest BCUT2D eigenvalue weighted by Gasteiger charge is -2.09. The summed E-state index contributed by atoms with van der Waals surface area (Å²) in [5.41, 5.74) is 1.54. The SMILES string of the molecule is COc1ccc(-c2n[nH]c(=S)n2N=Cc2ccc(Cl)c(Cl)c2)cc1OC. The van der Waals surface area contributed by atoms with Crippen LogP contribution in [0.2, 0.25) is 10.0 Å². The lowest BCUT2D eigenvalue weighted by Crippen LogP contribution is -1.96. The molecule has 0 amide bonds. The van der Waals surface area contributed by atoms with Gasteiger partial charge < -0.3 is 9.47 Å². The van der Waals surface area contributed by atoms with Crippen LogP contribution in [0.3, 0.4) is 0 Å². The molecule has 0 saturated heterocycles. The molecule has 1 aromatic heterocycles. The summed E-state index contributed by atoms with van der Waals surface area (Å²) in [5, 5.41) is 12.3. The molecule has 6 nitrogen and oxygen atoms in total. The van der Waals surface area contributed by atoms with Crippen LogP contribution in [0.4, 0.5) is 0 Å². The summed E-state index contributed by atoms with van der Waals surface area (Å²) in [6.45, 7) is 0. The van der Waals surface area contributed by atoms with E-state index < -0.39 is 0 Å². The summed E-state index contributed by atoms with van der Waals surface area (Å²) in [6, 6.07) is 10.7. The van der Waals surface area contributed by atoms with Crippen molar-refractivity contribution in [1.29, 1.82) is 0 Å². The Kier molecular flexibility index (Phi) is 5.61. The summed E-state index contributed by atoms with van der Waals surface area (Å²) in [5.74, 6) is 1.74. The van der Waals surface area contributed by atoms with E-state index in [4.69, 9.17) is 44.9 Å². The lowest BCUT2D eigenvalue weighted by atomic mass is 10.2. The molecule has 26 heavy (non-hydrogen) atoms. The fourth-order valence-corrected chi connectivity index (χ4v) is 2.76. The maximum absolute atomic E-state index is 6.03. The summed E-state index contributed by atoms with van der Waals surface area (Å²) in [7, 11) is 3.15. The molecule has 0 spiro atoms. The second kappa shape index (κ2) is 7.90. The Labute approximate surface area is 165 Å². The van der Waals surface area contributed by atoms with Gasteiger partial charge in [0.1, 0.15) is 0 Å². The molecule has 0 aliphatic rings. The van der Waals surface area contributed by atoms with Gasteiger partial charge in [0.2, 0.25) is 4.77 Å². The highest BCUT2D eigenvalue weighted by Crippen LogP contribution is 2.31. The van der Waals surface area contributed by atoms with Gasteiger partial charge in [-0.1, -0.05) is 29.3 Å². The van der Waals surface area contributed by atoms with Crippen LogP contribution in [0.15, 0.2) is 41.5 Å². The first-order valence-electron chi connectivity index (χ1n) is 7.42. The Hall–Kier alpha value is -2.35. The minimum Gasteiger partial charge on any atom is -0.493 e. The number of benzene rings is 2. The minimum absolute atomic E-state index is 0.353. The minimum atomic E-state index is 0.353. The van der Waals surface area contributed by atoms with Gasteiger partial charge in [0.05, 0.1) is 30.5 Å². The van der Waals surface area contributed by atoms with Crippen molar-refractivity contribution in [3.05, 3.63) is 56.8 Å². The third kappa shape index (κ3) is 3.75. The van der Waals surface area contributed by atoms with Gasteiger partial charge in [0, 0.05) is 5.56 Å². The number of methoxy groups -OCH3 is 2. The molecule has 3 aromatic rings. The third-order valence-electron chi connectivity index (χ3n) is 3.56. The zero-order valence-electron chi connectivity index (χ0n) is 13.9. The van der Waals surface area contributed by atoms with Crippen molar-refractivity contribution < 1.29 is 9.47 Å². The van der Waals surface area contributed by atoms with Crippen molar-refractivity contribution in [3.8, 4) is 22.9 Å². The standard InChI is InChI=1S/C17H14Cl2N4O2S/c1-24-14-6-4-11(8-15(14)25-2)16-21-22-17(26)23(16)20-9-10-3-5-12(18)13(19)7-10/h3-9H,1-2H3,(H,22,26). The maximum atomic E-state index is 6.03. The van der Waals surface area contributed by atoms with Crippen LogP contribution >= 0.6 is 35.4 Å². The molecule has 1 N–H and O–H groups in total. The largest absolute Gasteiger partial charge is 0.493 e. The van der Waals surface area contributed by atoms with Crippen molar-refractivity contribution in [2.24, 2.45) is 5.10 Å². The highest BCUT2D eigenvalue weighted by molar-refractivity contribution is 7.71. The van der Waals surface area contributed by atoms with E-state index in [0.717, 1.165) is 11.1 Å². The Morgan fingerprint density at radius 1 is 1.08 bits per heavy atom. The molecule has 0 radical (unpaired) electrons.